The lowest BCUT2D eigenvalue weighted by atomic mass is 10.1. The summed E-state index contributed by atoms with van der Waals surface area (Å²) in [5.74, 6) is 1.72. The Hall–Kier alpha value is -2.13. The summed E-state index contributed by atoms with van der Waals surface area (Å²) < 4.78 is 2.05. The average Bonchev–Trinajstić information content (AvgIpc) is 3.20. The third kappa shape index (κ3) is 6.98. The van der Waals surface area contributed by atoms with Crippen LogP contribution < -0.4 is 10.6 Å². The standard InChI is InChI=1S/C22H27ClN6.HI/c1-3-21-28-26-16-29(21)14-13-24-22(25-15-18-9-5-4-6-10-18)27-17(2)19-11-7-8-12-20(19)23;/h4-12,16-17H,3,13-15H2,1-2H3,(H2,24,25,27);1H. The second kappa shape index (κ2) is 12.5. The maximum absolute atomic E-state index is 6.36. The number of guanidine groups is 1. The van der Waals surface area contributed by atoms with Crippen LogP contribution >= 0.6 is 35.6 Å². The second-order valence-corrected chi connectivity index (χ2v) is 7.17. The lowest BCUT2D eigenvalue weighted by molar-refractivity contribution is 0.619. The molecule has 1 unspecified atom stereocenters. The first-order valence-corrected chi connectivity index (χ1v) is 10.2. The van der Waals surface area contributed by atoms with Crippen molar-refractivity contribution in [1.82, 2.24) is 25.4 Å². The van der Waals surface area contributed by atoms with E-state index < -0.39 is 0 Å². The molecule has 1 aromatic heterocycles. The largest absolute Gasteiger partial charge is 0.355 e. The summed E-state index contributed by atoms with van der Waals surface area (Å²) in [7, 11) is 0. The predicted octanol–water partition coefficient (Wildman–Crippen LogP) is 4.61. The van der Waals surface area contributed by atoms with Gasteiger partial charge in [-0.3, -0.25) is 0 Å². The Morgan fingerprint density at radius 2 is 1.87 bits per heavy atom. The fraction of sp³-hybridized carbons (Fsp3) is 0.318. The molecule has 160 valence electrons. The van der Waals surface area contributed by atoms with Crippen LogP contribution in [0.2, 0.25) is 5.02 Å². The van der Waals surface area contributed by atoms with E-state index in [4.69, 9.17) is 16.6 Å². The summed E-state index contributed by atoms with van der Waals surface area (Å²) in [5, 5.41) is 15.7. The summed E-state index contributed by atoms with van der Waals surface area (Å²) in [6, 6.07) is 18.1. The predicted molar refractivity (Wildman–Crippen MR) is 133 cm³/mol. The molecule has 1 heterocycles. The second-order valence-electron chi connectivity index (χ2n) is 6.76. The van der Waals surface area contributed by atoms with Gasteiger partial charge in [0.05, 0.1) is 12.6 Å². The monoisotopic (exact) mass is 538 g/mol. The number of rotatable bonds is 8. The molecule has 0 saturated heterocycles. The zero-order valence-corrected chi connectivity index (χ0v) is 20.3. The number of aromatic nitrogens is 3. The highest BCUT2D eigenvalue weighted by atomic mass is 127. The van der Waals surface area contributed by atoms with Crippen molar-refractivity contribution >= 4 is 41.5 Å². The van der Waals surface area contributed by atoms with E-state index in [1.54, 1.807) is 6.33 Å². The van der Waals surface area contributed by atoms with E-state index in [2.05, 4.69) is 51.4 Å². The molecule has 3 aromatic rings. The van der Waals surface area contributed by atoms with Gasteiger partial charge in [-0.25, -0.2) is 4.99 Å². The maximum atomic E-state index is 6.36. The average molecular weight is 539 g/mol. The maximum Gasteiger partial charge on any atom is 0.192 e. The minimum absolute atomic E-state index is 0. The van der Waals surface area contributed by atoms with Gasteiger partial charge in [0.2, 0.25) is 0 Å². The van der Waals surface area contributed by atoms with Crippen LogP contribution in [0.3, 0.4) is 0 Å². The quantitative estimate of drug-likeness (QED) is 0.250. The van der Waals surface area contributed by atoms with E-state index in [0.29, 0.717) is 13.1 Å². The van der Waals surface area contributed by atoms with E-state index in [1.807, 2.05) is 42.5 Å². The van der Waals surface area contributed by atoms with Crippen molar-refractivity contribution in [3.63, 3.8) is 0 Å². The lowest BCUT2D eigenvalue weighted by Gasteiger charge is -2.20. The summed E-state index contributed by atoms with van der Waals surface area (Å²) in [6.45, 7) is 6.23. The van der Waals surface area contributed by atoms with Crippen molar-refractivity contribution in [1.29, 1.82) is 0 Å². The van der Waals surface area contributed by atoms with E-state index >= 15 is 0 Å². The van der Waals surface area contributed by atoms with E-state index in [-0.39, 0.29) is 30.0 Å². The molecule has 0 spiro atoms. The fourth-order valence-corrected chi connectivity index (χ4v) is 3.35. The first kappa shape index (κ1) is 24.1. The van der Waals surface area contributed by atoms with Crippen LogP contribution in [0.5, 0.6) is 0 Å². The Balaban J connectivity index is 0.00000320. The van der Waals surface area contributed by atoms with Crippen LogP contribution in [-0.2, 0) is 19.5 Å². The normalized spacial score (nSPS) is 12.2. The highest BCUT2D eigenvalue weighted by molar-refractivity contribution is 14.0. The third-order valence-electron chi connectivity index (χ3n) is 4.64. The van der Waals surface area contributed by atoms with Crippen LogP contribution in [-0.4, -0.2) is 27.3 Å². The van der Waals surface area contributed by atoms with Crippen LogP contribution in [0.15, 0.2) is 65.9 Å². The molecule has 0 aliphatic carbocycles. The molecule has 2 N–H and O–H groups in total. The van der Waals surface area contributed by atoms with Gasteiger partial charge in [0.25, 0.3) is 0 Å². The summed E-state index contributed by atoms with van der Waals surface area (Å²) in [4.78, 5) is 4.76. The Morgan fingerprint density at radius 1 is 1.13 bits per heavy atom. The Bertz CT molecular complexity index is 928. The van der Waals surface area contributed by atoms with E-state index in [0.717, 1.165) is 40.9 Å². The van der Waals surface area contributed by atoms with Gasteiger partial charge < -0.3 is 15.2 Å². The third-order valence-corrected chi connectivity index (χ3v) is 4.99. The number of hydrogen-bond donors (Lipinski definition) is 2. The van der Waals surface area contributed by atoms with Gasteiger partial charge in [-0.15, -0.1) is 34.2 Å². The molecular formula is C22H28ClIN6. The van der Waals surface area contributed by atoms with Gasteiger partial charge >= 0.3 is 0 Å². The first-order chi connectivity index (χ1) is 14.2. The number of halogens is 2. The van der Waals surface area contributed by atoms with Crippen molar-refractivity contribution in [3.05, 3.63) is 82.9 Å². The highest BCUT2D eigenvalue weighted by Crippen LogP contribution is 2.22. The van der Waals surface area contributed by atoms with E-state index in [9.17, 15) is 0 Å². The van der Waals surface area contributed by atoms with Crippen molar-refractivity contribution in [2.24, 2.45) is 4.99 Å². The van der Waals surface area contributed by atoms with Crippen LogP contribution in [0.1, 0.15) is 36.8 Å². The first-order valence-electron chi connectivity index (χ1n) is 9.87. The summed E-state index contributed by atoms with van der Waals surface area (Å²) in [5.41, 5.74) is 2.20. The zero-order valence-electron chi connectivity index (χ0n) is 17.3. The summed E-state index contributed by atoms with van der Waals surface area (Å²) in [6.07, 6.45) is 2.62. The zero-order chi connectivity index (χ0) is 20.5. The SMILES string of the molecule is CCc1nncn1CCNC(=NCc1ccccc1)NC(C)c1ccccc1Cl.I. The highest BCUT2D eigenvalue weighted by Gasteiger charge is 2.11. The molecule has 0 fully saturated rings. The van der Waals surface area contributed by atoms with Crippen LogP contribution in [0.25, 0.3) is 0 Å². The van der Waals surface area contributed by atoms with Crippen molar-refractivity contribution in [3.8, 4) is 0 Å². The Labute approximate surface area is 200 Å². The number of benzene rings is 2. The van der Waals surface area contributed by atoms with Gasteiger partial charge in [-0.2, -0.15) is 0 Å². The summed E-state index contributed by atoms with van der Waals surface area (Å²) >= 11 is 6.36. The van der Waals surface area contributed by atoms with Gasteiger partial charge in [0.15, 0.2) is 5.96 Å². The molecule has 0 amide bonds. The number of aliphatic imine (C=N–C) groups is 1. The molecule has 0 radical (unpaired) electrons. The minimum Gasteiger partial charge on any atom is -0.355 e. The Kier molecular flexibility index (Phi) is 10.1. The molecule has 0 saturated carbocycles. The molecule has 30 heavy (non-hydrogen) atoms. The number of nitrogens with one attached hydrogen (secondary N) is 2. The van der Waals surface area contributed by atoms with E-state index in [1.165, 1.54) is 0 Å². The minimum atomic E-state index is 0. The van der Waals surface area contributed by atoms with Crippen molar-refractivity contribution in [2.75, 3.05) is 6.54 Å². The lowest BCUT2D eigenvalue weighted by Crippen LogP contribution is -2.40. The number of hydrogen-bond acceptors (Lipinski definition) is 3. The molecule has 6 nitrogen and oxygen atoms in total. The molecule has 3 rings (SSSR count). The van der Waals surface area contributed by atoms with Crippen LogP contribution in [0.4, 0.5) is 0 Å². The molecule has 2 aromatic carbocycles. The van der Waals surface area contributed by atoms with Gasteiger partial charge in [0.1, 0.15) is 12.2 Å². The fourth-order valence-electron chi connectivity index (χ4n) is 3.05. The van der Waals surface area contributed by atoms with Gasteiger partial charge in [0, 0.05) is 24.5 Å². The van der Waals surface area contributed by atoms with Gasteiger partial charge in [-0.1, -0.05) is 67.1 Å². The molecule has 8 heteroatoms. The van der Waals surface area contributed by atoms with Crippen LogP contribution in [0, 0.1) is 0 Å². The molecule has 0 aliphatic rings. The van der Waals surface area contributed by atoms with Crippen molar-refractivity contribution < 1.29 is 0 Å². The molecular weight excluding hydrogens is 511 g/mol. The Morgan fingerprint density at radius 3 is 2.60 bits per heavy atom. The molecule has 1 atom stereocenters. The topological polar surface area (TPSA) is 67.1 Å². The molecule has 0 bridgehead atoms. The number of nitrogens with zero attached hydrogens (tertiary/aromatic N) is 4. The van der Waals surface area contributed by atoms with Gasteiger partial charge in [-0.05, 0) is 24.1 Å². The molecule has 0 aliphatic heterocycles. The smallest absolute Gasteiger partial charge is 0.192 e. The van der Waals surface area contributed by atoms with Crippen molar-refractivity contribution in [2.45, 2.75) is 39.4 Å². The number of aryl methyl sites for hydroxylation is 1.